The summed E-state index contributed by atoms with van der Waals surface area (Å²) in [4.78, 5) is 4.49. The summed E-state index contributed by atoms with van der Waals surface area (Å²) in [7, 11) is 0. The SMILES string of the molecule is CC(CN)c1csc(Cc2ccccc2F)n1. The molecule has 2 N–H and O–H groups in total. The second-order valence-electron chi connectivity index (χ2n) is 4.07. The van der Waals surface area contributed by atoms with Crippen LogP contribution in [0.4, 0.5) is 4.39 Å². The summed E-state index contributed by atoms with van der Waals surface area (Å²) < 4.78 is 13.5. The summed E-state index contributed by atoms with van der Waals surface area (Å²) in [5.41, 5.74) is 7.29. The molecule has 2 rings (SSSR count). The van der Waals surface area contributed by atoms with Gasteiger partial charge in [0.25, 0.3) is 0 Å². The Kier molecular flexibility index (Phi) is 3.86. The van der Waals surface area contributed by atoms with E-state index in [1.54, 1.807) is 23.5 Å². The lowest BCUT2D eigenvalue weighted by atomic mass is 10.1. The summed E-state index contributed by atoms with van der Waals surface area (Å²) >= 11 is 1.56. The molecule has 0 amide bonds. The Morgan fingerprint density at radius 3 is 2.88 bits per heavy atom. The highest BCUT2D eigenvalue weighted by Crippen LogP contribution is 2.20. The van der Waals surface area contributed by atoms with E-state index in [9.17, 15) is 4.39 Å². The fourth-order valence-corrected chi connectivity index (χ4v) is 2.50. The van der Waals surface area contributed by atoms with Crippen LogP contribution in [0.5, 0.6) is 0 Å². The molecule has 0 aliphatic carbocycles. The van der Waals surface area contributed by atoms with Gasteiger partial charge in [-0.05, 0) is 11.6 Å². The summed E-state index contributed by atoms with van der Waals surface area (Å²) in [5, 5.41) is 2.94. The van der Waals surface area contributed by atoms with Crippen LogP contribution in [0.15, 0.2) is 29.6 Å². The van der Waals surface area contributed by atoms with Gasteiger partial charge in [0.05, 0.1) is 10.7 Å². The zero-order valence-corrected chi connectivity index (χ0v) is 10.5. The molecule has 0 radical (unpaired) electrons. The first-order valence-corrected chi connectivity index (χ1v) is 6.46. The van der Waals surface area contributed by atoms with Gasteiger partial charge in [0.2, 0.25) is 0 Å². The van der Waals surface area contributed by atoms with Gasteiger partial charge in [-0.3, -0.25) is 0 Å². The van der Waals surface area contributed by atoms with Gasteiger partial charge >= 0.3 is 0 Å². The summed E-state index contributed by atoms with van der Waals surface area (Å²) in [5.74, 6) is 0.0942. The molecule has 17 heavy (non-hydrogen) atoms. The molecule has 0 fully saturated rings. The number of hydrogen-bond donors (Lipinski definition) is 1. The quantitative estimate of drug-likeness (QED) is 0.906. The molecule has 0 aliphatic heterocycles. The molecule has 2 nitrogen and oxygen atoms in total. The standard InChI is InChI=1S/C13H15FN2S/c1-9(7-15)12-8-17-13(16-12)6-10-4-2-3-5-11(10)14/h2-5,8-9H,6-7,15H2,1H3. The number of benzene rings is 1. The van der Waals surface area contributed by atoms with Crippen molar-refractivity contribution in [3.8, 4) is 0 Å². The number of rotatable bonds is 4. The zero-order valence-electron chi connectivity index (χ0n) is 9.69. The largest absolute Gasteiger partial charge is 0.330 e. The Hall–Kier alpha value is -1.26. The molecule has 90 valence electrons. The molecule has 1 heterocycles. The Balaban J connectivity index is 2.14. The van der Waals surface area contributed by atoms with E-state index < -0.39 is 0 Å². The van der Waals surface area contributed by atoms with Gasteiger partial charge < -0.3 is 5.73 Å². The summed E-state index contributed by atoms with van der Waals surface area (Å²) in [6, 6.07) is 6.81. The molecule has 1 unspecified atom stereocenters. The highest BCUT2D eigenvalue weighted by molar-refractivity contribution is 7.09. The molecule has 0 aliphatic rings. The topological polar surface area (TPSA) is 38.9 Å². The van der Waals surface area contributed by atoms with Gasteiger partial charge in [0.1, 0.15) is 5.82 Å². The van der Waals surface area contributed by atoms with Crippen molar-refractivity contribution in [2.24, 2.45) is 5.73 Å². The van der Waals surface area contributed by atoms with Crippen LogP contribution in [0.1, 0.15) is 29.1 Å². The normalized spacial score (nSPS) is 12.6. The Bertz CT molecular complexity index is 496. The fraction of sp³-hybridized carbons (Fsp3) is 0.308. The monoisotopic (exact) mass is 250 g/mol. The van der Waals surface area contributed by atoms with E-state index in [4.69, 9.17) is 5.73 Å². The lowest BCUT2D eigenvalue weighted by molar-refractivity contribution is 0.613. The Morgan fingerprint density at radius 1 is 1.41 bits per heavy atom. The van der Waals surface area contributed by atoms with Crippen molar-refractivity contribution < 1.29 is 4.39 Å². The average molecular weight is 250 g/mol. The lowest BCUT2D eigenvalue weighted by Crippen LogP contribution is -2.09. The van der Waals surface area contributed by atoms with Crippen molar-refractivity contribution in [3.05, 3.63) is 51.7 Å². The van der Waals surface area contributed by atoms with E-state index in [0.29, 0.717) is 18.5 Å². The van der Waals surface area contributed by atoms with Crippen molar-refractivity contribution in [3.63, 3.8) is 0 Å². The Morgan fingerprint density at radius 2 is 2.18 bits per heavy atom. The maximum absolute atomic E-state index is 13.5. The second kappa shape index (κ2) is 5.38. The van der Waals surface area contributed by atoms with Gasteiger partial charge in [-0.1, -0.05) is 25.1 Å². The minimum atomic E-state index is -0.170. The minimum absolute atomic E-state index is 0.170. The lowest BCUT2D eigenvalue weighted by Gasteiger charge is -2.03. The molecule has 1 aromatic heterocycles. The molecule has 2 aromatic rings. The molecular weight excluding hydrogens is 235 g/mol. The average Bonchev–Trinajstić information content (AvgIpc) is 2.80. The fourth-order valence-electron chi connectivity index (χ4n) is 1.56. The van der Waals surface area contributed by atoms with Crippen LogP contribution in [0.3, 0.4) is 0 Å². The van der Waals surface area contributed by atoms with E-state index in [0.717, 1.165) is 10.7 Å². The summed E-state index contributed by atoms with van der Waals surface area (Å²) in [6.07, 6.45) is 0.550. The van der Waals surface area contributed by atoms with E-state index in [-0.39, 0.29) is 11.7 Å². The predicted molar refractivity (Wildman–Crippen MR) is 68.8 cm³/mol. The van der Waals surface area contributed by atoms with E-state index in [1.165, 1.54) is 6.07 Å². The van der Waals surface area contributed by atoms with Crippen LogP contribution in [0.25, 0.3) is 0 Å². The van der Waals surface area contributed by atoms with Crippen LogP contribution in [-0.2, 0) is 6.42 Å². The highest BCUT2D eigenvalue weighted by Gasteiger charge is 2.10. The molecule has 0 saturated heterocycles. The molecular formula is C13H15FN2S. The first-order valence-electron chi connectivity index (χ1n) is 5.58. The van der Waals surface area contributed by atoms with Crippen LogP contribution < -0.4 is 5.73 Å². The molecule has 1 aromatic carbocycles. The molecule has 1 atom stereocenters. The van der Waals surface area contributed by atoms with E-state index in [1.807, 2.05) is 18.4 Å². The van der Waals surface area contributed by atoms with Gasteiger partial charge in [-0.15, -0.1) is 11.3 Å². The maximum atomic E-state index is 13.5. The van der Waals surface area contributed by atoms with Gasteiger partial charge in [-0.2, -0.15) is 0 Å². The van der Waals surface area contributed by atoms with Crippen LogP contribution >= 0.6 is 11.3 Å². The third kappa shape index (κ3) is 2.90. The smallest absolute Gasteiger partial charge is 0.126 e. The maximum Gasteiger partial charge on any atom is 0.126 e. The number of hydrogen-bond acceptors (Lipinski definition) is 3. The van der Waals surface area contributed by atoms with Crippen LogP contribution in [0.2, 0.25) is 0 Å². The molecule has 4 heteroatoms. The van der Waals surface area contributed by atoms with Gasteiger partial charge in [0, 0.05) is 24.3 Å². The molecule has 0 saturated carbocycles. The van der Waals surface area contributed by atoms with Crippen molar-refractivity contribution in [2.45, 2.75) is 19.3 Å². The number of nitrogens with two attached hydrogens (primary N) is 1. The molecule has 0 bridgehead atoms. The van der Waals surface area contributed by atoms with Crippen molar-refractivity contribution in [1.29, 1.82) is 0 Å². The number of halogens is 1. The first kappa shape index (κ1) is 12.2. The summed E-state index contributed by atoms with van der Waals surface area (Å²) in [6.45, 7) is 2.63. The van der Waals surface area contributed by atoms with Gasteiger partial charge in [-0.25, -0.2) is 9.37 Å². The Labute approximate surface area is 104 Å². The van der Waals surface area contributed by atoms with Crippen LogP contribution in [0, 0.1) is 5.82 Å². The van der Waals surface area contributed by atoms with Crippen molar-refractivity contribution in [1.82, 2.24) is 4.98 Å². The molecule has 0 spiro atoms. The zero-order chi connectivity index (χ0) is 12.3. The van der Waals surface area contributed by atoms with Crippen molar-refractivity contribution >= 4 is 11.3 Å². The van der Waals surface area contributed by atoms with E-state index >= 15 is 0 Å². The number of thiazole rings is 1. The van der Waals surface area contributed by atoms with Crippen molar-refractivity contribution in [2.75, 3.05) is 6.54 Å². The first-order chi connectivity index (χ1) is 8.20. The predicted octanol–water partition coefficient (Wildman–Crippen LogP) is 2.94. The third-order valence-corrected chi connectivity index (χ3v) is 3.59. The highest BCUT2D eigenvalue weighted by atomic mass is 32.1. The number of nitrogens with zero attached hydrogens (tertiary/aromatic N) is 1. The number of aromatic nitrogens is 1. The third-order valence-electron chi connectivity index (χ3n) is 2.73. The minimum Gasteiger partial charge on any atom is -0.330 e. The van der Waals surface area contributed by atoms with E-state index in [2.05, 4.69) is 4.98 Å². The van der Waals surface area contributed by atoms with Crippen LogP contribution in [-0.4, -0.2) is 11.5 Å². The second-order valence-corrected chi connectivity index (χ2v) is 5.01. The van der Waals surface area contributed by atoms with Gasteiger partial charge in [0.15, 0.2) is 0 Å².